The van der Waals surface area contributed by atoms with Gasteiger partial charge in [0, 0.05) is 29.7 Å². The maximum Gasteiger partial charge on any atom is 0.143 e. The van der Waals surface area contributed by atoms with E-state index in [1.54, 1.807) is 38.0 Å². The van der Waals surface area contributed by atoms with Gasteiger partial charge in [0.1, 0.15) is 11.9 Å². The van der Waals surface area contributed by atoms with E-state index in [1.807, 2.05) is 13.0 Å². The number of aromatic nitrogens is 2. The second kappa shape index (κ2) is 4.93. The molecule has 0 aromatic carbocycles. The molecule has 2 heterocycles. The zero-order valence-corrected chi connectivity index (χ0v) is 9.79. The lowest BCUT2D eigenvalue weighted by Gasteiger charge is -2.14. The standard InChI is InChI=1S/C13H14N2O2/c1-9-5-10(7-15-6-9)13(16)11-3-4-14-8-12(11)17-2/h3-8,13,16H,1-2H3. The molecule has 0 bridgehead atoms. The Bertz CT molecular complexity index is 514. The predicted octanol–water partition coefficient (Wildman–Crippen LogP) is 1.88. The minimum absolute atomic E-state index is 0.571. The lowest BCUT2D eigenvalue weighted by molar-refractivity contribution is 0.214. The molecule has 0 saturated carbocycles. The maximum atomic E-state index is 10.3. The summed E-state index contributed by atoms with van der Waals surface area (Å²) in [5.74, 6) is 0.571. The molecule has 0 fully saturated rings. The van der Waals surface area contributed by atoms with Gasteiger partial charge in [0.25, 0.3) is 0 Å². The fraction of sp³-hybridized carbons (Fsp3) is 0.231. The third-order valence-electron chi connectivity index (χ3n) is 2.54. The molecule has 0 saturated heterocycles. The van der Waals surface area contributed by atoms with Gasteiger partial charge < -0.3 is 9.84 Å². The highest BCUT2D eigenvalue weighted by atomic mass is 16.5. The topological polar surface area (TPSA) is 55.2 Å². The first-order valence-electron chi connectivity index (χ1n) is 5.30. The SMILES string of the molecule is COc1cnccc1C(O)c1cncc(C)c1. The maximum absolute atomic E-state index is 10.3. The minimum Gasteiger partial charge on any atom is -0.495 e. The molecular weight excluding hydrogens is 216 g/mol. The lowest BCUT2D eigenvalue weighted by atomic mass is 10.0. The van der Waals surface area contributed by atoms with Gasteiger partial charge in [-0.3, -0.25) is 9.97 Å². The van der Waals surface area contributed by atoms with Gasteiger partial charge in [-0.2, -0.15) is 0 Å². The largest absolute Gasteiger partial charge is 0.495 e. The first kappa shape index (κ1) is 11.5. The first-order valence-corrected chi connectivity index (χ1v) is 5.30. The molecule has 4 heteroatoms. The summed E-state index contributed by atoms with van der Waals surface area (Å²) in [5.41, 5.74) is 2.44. The average molecular weight is 230 g/mol. The summed E-state index contributed by atoms with van der Waals surface area (Å²) in [5, 5.41) is 10.3. The minimum atomic E-state index is -0.750. The molecule has 0 aliphatic rings. The van der Waals surface area contributed by atoms with E-state index >= 15 is 0 Å². The third kappa shape index (κ3) is 2.42. The van der Waals surface area contributed by atoms with Gasteiger partial charge in [0.15, 0.2) is 0 Å². The molecule has 1 atom stereocenters. The van der Waals surface area contributed by atoms with Crippen LogP contribution in [0.2, 0.25) is 0 Å². The van der Waals surface area contributed by atoms with E-state index in [2.05, 4.69) is 9.97 Å². The Morgan fingerprint density at radius 1 is 1.24 bits per heavy atom. The fourth-order valence-electron chi connectivity index (χ4n) is 1.69. The molecule has 0 amide bonds. The summed E-state index contributed by atoms with van der Waals surface area (Å²) in [6.07, 6.45) is 5.87. The Balaban J connectivity index is 2.40. The van der Waals surface area contributed by atoms with Crippen molar-refractivity contribution in [1.29, 1.82) is 0 Å². The van der Waals surface area contributed by atoms with Crippen LogP contribution in [0.4, 0.5) is 0 Å². The molecule has 2 rings (SSSR count). The Labute approximate surface area is 99.9 Å². The van der Waals surface area contributed by atoms with Crippen LogP contribution in [0.5, 0.6) is 5.75 Å². The number of nitrogens with zero attached hydrogens (tertiary/aromatic N) is 2. The second-order valence-electron chi connectivity index (χ2n) is 3.82. The number of ether oxygens (including phenoxy) is 1. The highest BCUT2D eigenvalue weighted by Crippen LogP contribution is 2.28. The van der Waals surface area contributed by atoms with E-state index < -0.39 is 6.10 Å². The molecule has 0 aliphatic carbocycles. The highest BCUT2D eigenvalue weighted by Gasteiger charge is 2.15. The molecule has 0 radical (unpaired) electrons. The van der Waals surface area contributed by atoms with Gasteiger partial charge in [-0.05, 0) is 18.6 Å². The van der Waals surface area contributed by atoms with Crippen LogP contribution in [-0.2, 0) is 0 Å². The number of methoxy groups -OCH3 is 1. The van der Waals surface area contributed by atoms with Gasteiger partial charge in [-0.25, -0.2) is 0 Å². The fourth-order valence-corrected chi connectivity index (χ4v) is 1.69. The van der Waals surface area contributed by atoms with E-state index in [0.717, 1.165) is 11.1 Å². The number of hydrogen-bond donors (Lipinski definition) is 1. The van der Waals surface area contributed by atoms with Crippen molar-refractivity contribution in [3.8, 4) is 5.75 Å². The van der Waals surface area contributed by atoms with Crippen LogP contribution in [0.15, 0.2) is 36.9 Å². The van der Waals surface area contributed by atoms with Gasteiger partial charge in [0.05, 0.1) is 13.3 Å². The third-order valence-corrected chi connectivity index (χ3v) is 2.54. The average Bonchev–Trinajstić information content (AvgIpc) is 2.38. The van der Waals surface area contributed by atoms with Crippen molar-refractivity contribution in [1.82, 2.24) is 9.97 Å². The molecule has 1 unspecified atom stereocenters. The van der Waals surface area contributed by atoms with Gasteiger partial charge >= 0.3 is 0 Å². The summed E-state index contributed by atoms with van der Waals surface area (Å²) >= 11 is 0. The van der Waals surface area contributed by atoms with Crippen LogP contribution in [0.1, 0.15) is 22.8 Å². The predicted molar refractivity (Wildman–Crippen MR) is 63.8 cm³/mol. The van der Waals surface area contributed by atoms with Crippen molar-refractivity contribution in [3.63, 3.8) is 0 Å². The number of aliphatic hydroxyl groups excluding tert-OH is 1. The number of rotatable bonds is 3. The zero-order valence-electron chi connectivity index (χ0n) is 9.79. The van der Waals surface area contributed by atoms with E-state index in [1.165, 1.54) is 0 Å². The van der Waals surface area contributed by atoms with Crippen molar-refractivity contribution in [2.24, 2.45) is 0 Å². The Morgan fingerprint density at radius 3 is 2.76 bits per heavy atom. The van der Waals surface area contributed by atoms with Crippen LogP contribution in [0.25, 0.3) is 0 Å². The normalized spacial score (nSPS) is 12.2. The van der Waals surface area contributed by atoms with E-state index in [4.69, 9.17) is 4.74 Å². The number of pyridine rings is 2. The molecule has 1 N–H and O–H groups in total. The lowest BCUT2D eigenvalue weighted by Crippen LogP contribution is -2.03. The van der Waals surface area contributed by atoms with Crippen LogP contribution in [-0.4, -0.2) is 22.2 Å². The molecule has 2 aromatic heterocycles. The van der Waals surface area contributed by atoms with Gasteiger partial charge in [-0.15, -0.1) is 0 Å². The zero-order chi connectivity index (χ0) is 12.3. The molecule has 4 nitrogen and oxygen atoms in total. The van der Waals surface area contributed by atoms with Crippen molar-refractivity contribution in [2.45, 2.75) is 13.0 Å². The molecule has 0 aliphatic heterocycles. The molecule has 2 aromatic rings. The van der Waals surface area contributed by atoms with E-state index in [9.17, 15) is 5.11 Å². The van der Waals surface area contributed by atoms with Crippen molar-refractivity contribution < 1.29 is 9.84 Å². The number of aliphatic hydroxyl groups is 1. The Hall–Kier alpha value is -1.94. The first-order chi connectivity index (χ1) is 8.22. The van der Waals surface area contributed by atoms with Crippen LogP contribution in [0.3, 0.4) is 0 Å². The van der Waals surface area contributed by atoms with Gasteiger partial charge in [0.2, 0.25) is 0 Å². The molecular formula is C13H14N2O2. The smallest absolute Gasteiger partial charge is 0.143 e. The van der Waals surface area contributed by atoms with E-state index in [0.29, 0.717) is 11.3 Å². The van der Waals surface area contributed by atoms with Crippen LogP contribution >= 0.6 is 0 Å². The summed E-state index contributed by atoms with van der Waals surface area (Å²) in [7, 11) is 1.56. The van der Waals surface area contributed by atoms with Crippen LogP contribution in [0, 0.1) is 6.92 Å². The monoisotopic (exact) mass is 230 g/mol. The van der Waals surface area contributed by atoms with Crippen molar-refractivity contribution in [3.05, 3.63) is 53.6 Å². The second-order valence-corrected chi connectivity index (χ2v) is 3.82. The van der Waals surface area contributed by atoms with Gasteiger partial charge in [-0.1, -0.05) is 6.07 Å². The summed E-state index contributed by atoms with van der Waals surface area (Å²) in [6, 6.07) is 3.64. The molecule has 0 spiro atoms. The molecule has 17 heavy (non-hydrogen) atoms. The quantitative estimate of drug-likeness (QED) is 0.874. The highest BCUT2D eigenvalue weighted by molar-refractivity contribution is 5.37. The number of hydrogen-bond acceptors (Lipinski definition) is 4. The molecule has 88 valence electrons. The van der Waals surface area contributed by atoms with Crippen LogP contribution < -0.4 is 4.74 Å². The van der Waals surface area contributed by atoms with E-state index in [-0.39, 0.29) is 0 Å². The summed E-state index contributed by atoms with van der Waals surface area (Å²) in [4.78, 5) is 8.03. The number of aryl methyl sites for hydroxylation is 1. The summed E-state index contributed by atoms with van der Waals surface area (Å²) in [6.45, 7) is 1.94. The van der Waals surface area contributed by atoms with Crippen molar-refractivity contribution in [2.75, 3.05) is 7.11 Å². The summed E-state index contributed by atoms with van der Waals surface area (Å²) < 4.78 is 5.18. The van der Waals surface area contributed by atoms with Crippen molar-refractivity contribution >= 4 is 0 Å². The Morgan fingerprint density at radius 2 is 2.06 bits per heavy atom. The Kier molecular flexibility index (Phi) is 3.35.